The van der Waals surface area contributed by atoms with E-state index < -0.39 is 0 Å². The summed E-state index contributed by atoms with van der Waals surface area (Å²) in [5.41, 5.74) is 2.07. The van der Waals surface area contributed by atoms with E-state index in [1.54, 1.807) is 12.3 Å². The third kappa shape index (κ3) is 3.81. The number of aryl methyl sites for hydroxylation is 1. The Balaban J connectivity index is 1.91. The number of rotatable bonds is 6. The minimum absolute atomic E-state index is 0.0346. The standard InChI is InChI=1S/C15H17N3O/c1-2-10-16-15(19)9-8-13-11-17-18(12-13)14-6-4-3-5-7-14/h2-7,11-12H,1,8-10H2,(H,16,19). The number of nitrogens with one attached hydrogen (secondary N) is 1. The van der Waals surface area contributed by atoms with Gasteiger partial charge >= 0.3 is 0 Å². The molecule has 1 amide bonds. The maximum atomic E-state index is 11.5. The average molecular weight is 255 g/mol. The van der Waals surface area contributed by atoms with E-state index in [0.29, 0.717) is 19.4 Å². The number of nitrogens with zero attached hydrogens (tertiary/aromatic N) is 2. The van der Waals surface area contributed by atoms with Crippen molar-refractivity contribution in [2.45, 2.75) is 12.8 Å². The van der Waals surface area contributed by atoms with Crippen molar-refractivity contribution in [2.24, 2.45) is 0 Å². The summed E-state index contributed by atoms with van der Waals surface area (Å²) in [6, 6.07) is 9.90. The highest BCUT2D eigenvalue weighted by Crippen LogP contribution is 2.08. The van der Waals surface area contributed by atoms with E-state index in [4.69, 9.17) is 0 Å². The Hall–Kier alpha value is -2.36. The van der Waals surface area contributed by atoms with Crippen molar-refractivity contribution in [2.75, 3.05) is 6.54 Å². The second-order valence-corrected chi connectivity index (χ2v) is 4.22. The van der Waals surface area contributed by atoms with Crippen LogP contribution in [0.4, 0.5) is 0 Å². The van der Waals surface area contributed by atoms with Crippen LogP contribution in [0.1, 0.15) is 12.0 Å². The highest BCUT2D eigenvalue weighted by atomic mass is 16.1. The topological polar surface area (TPSA) is 46.9 Å². The summed E-state index contributed by atoms with van der Waals surface area (Å²) in [6.45, 7) is 4.08. The molecule has 1 heterocycles. The lowest BCUT2D eigenvalue weighted by Crippen LogP contribution is -2.23. The summed E-state index contributed by atoms with van der Waals surface area (Å²) in [4.78, 5) is 11.5. The molecular formula is C15H17N3O. The fourth-order valence-corrected chi connectivity index (χ4v) is 1.74. The van der Waals surface area contributed by atoms with Gasteiger partial charge in [0.05, 0.1) is 11.9 Å². The molecule has 0 saturated carbocycles. The molecule has 1 N–H and O–H groups in total. The molecule has 0 fully saturated rings. The van der Waals surface area contributed by atoms with Gasteiger partial charge in [0.15, 0.2) is 0 Å². The molecule has 0 aliphatic rings. The number of carbonyl (C=O) groups is 1. The van der Waals surface area contributed by atoms with Gasteiger partial charge in [0.2, 0.25) is 5.91 Å². The van der Waals surface area contributed by atoms with Crippen molar-refractivity contribution in [3.63, 3.8) is 0 Å². The molecule has 0 aliphatic heterocycles. The number of benzene rings is 1. The molecule has 4 nitrogen and oxygen atoms in total. The van der Waals surface area contributed by atoms with Gasteiger partial charge in [0.25, 0.3) is 0 Å². The molecule has 0 saturated heterocycles. The molecule has 19 heavy (non-hydrogen) atoms. The summed E-state index contributed by atoms with van der Waals surface area (Å²) in [5.74, 6) is 0.0346. The smallest absolute Gasteiger partial charge is 0.220 e. The normalized spacial score (nSPS) is 10.1. The number of carbonyl (C=O) groups excluding carboxylic acids is 1. The van der Waals surface area contributed by atoms with Crippen LogP contribution in [0.15, 0.2) is 55.4 Å². The average Bonchev–Trinajstić information content (AvgIpc) is 2.93. The van der Waals surface area contributed by atoms with Gasteiger partial charge in [0, 0.05) is 19.2 Å². The quantitative estimate of drug-likeness (QED) is 0.804. The molecule has 0 bridgehead atoms. The Morgan fingerprint density at radius 3 is 2.89 bits per heavy atom. The number of aromatic nitrogens is 2. The van der Waals surface area contributed by atoms with Gasteiger partial charge in [-0.15, -0.1) is 6.58 Å². The zero-order valence-electron chi connectivity index (χ0n) is 10.7. The highest BCUT2D eigenvalue weighted by molar-refractivity contribution is 5.76. The SMILES string of the molecule is C=CCNC(=O)CCc1cnn(-c2ccccc2)c1. The Kier molecular flexibility index (Phi) is 4.50. The van der Waals surface area contributed by atoms with Crippen LogP contribution in [0.25, 0.3) is 5.69 Å². The zero-order chi connectivity index (χ0) is 13.5. The minimum Gasteiger partial charge on any atom is -0.353 e. The lowest BCUT2D eigenvalue weighted by Gasteiger charge is -2.01. The van der Waals surface area contributed by atoms with E-state index in [0.717, 1.165) is 11.3 Å². The maximum Gasteiger partial charge on any atom is 0.220 e. The highest BCUT2D eigenvalue weighted by Gasteiger charge is 2.04. The van der Waals surface area contributed by atoms with Crippen molar-refractivity contribution in [1.82, 2.24) is 15.1 Å². The molecule has 0 aliphatic carbocycles. The molecule has 0 unspecified atom stereocenters. The van der Waals surface area contributed by atoms with Crippen molar-refractivity contribution in [3.8, 4) is 5.69 Å². The van der Waals surface area contributed by atoms with Gasteiger partial charge < -0.3 is 5.32 Å². The second-order valence-electron chi connectivity index (χ2n) is 4.22. The first kappa shape index (κ1) is 13.1. The van der Waals surface area contributed by atoms with E-state index in [9.17, 15) is 4.79 Å². The third-order valence-electron chi connectivity index (χ3n) is 2.74. The van der Waals surface area contributed by atoms with Crippen LogP contribution in [0.5, 0.6) is 0 Å². The van der Waals surface area contributed by atoms with Gasteiger partial charge in [-0.1, -0.05) is 24.3 Å². The molecule has 2 aromatic rings. The molecule has 98 valence electrons. The van der Waals surface area contributed by atoms with Crippen LogP contribution in [0, 0.1) is 0 Å². The first-order valence-corrected chi connectivity index (χ1v) is 6.26. The lowest BCUT2D eigenvalue weighted by atomic mass is 10.2. The Bertz CT molecular complexity index is 546. The predicted octanol–water partition coefficient (Wildman–Crippen LogP) is 2.11. The fourth-order valence-electron chi connectivity index (χ4n) is 1.74. The predicted molar refractivity (Wildman–Crippen MR) is 75.1 cm³/mol. The number of para-hydroxylation sites is 1. The van der Waals surface area contributed by atoms with Gasteiger partial charge in [-0.25, -0.2) is 4.68 Å². The van der Waals surface area contributed by atoms with E-state index in [-0.39, 0.29) is 5.91 Å². The molecule has 1 aromatic heterocycles. The summed E-state index contributed by atoms with van der Waals surface area (Å²) in [5, 5.41) is 7.05. The largest absolute Gasteiger partial charge is 0.353 e. The molecular weight excluding hydrogens is 238 g/mol. The second kappa shape index (κ2) is 6.54. The monoisotopic (exact) mass is 255 g/mol. The van der Waals surface area contributed by atoms with Crippen LogP contribution in [0.3, 0.4) is 0 Å². The van der Waals surface area contributed by atoms with Gasteiger partial charge in [0.1, 0.15) is 0 Å². The Morgan fingerprint density at radius 2 is 2.16 bits per heavy atom. The van der Waals surface area contributed by atoms with Crippen LogP contribution >= 0.6 is 0 Å². The Labute approximate surface area is 112 Å². The lowest BCUT2D eigenvalue weighted by molar-refractivity contribution is -0.120. The minimum atomic E-state index is 0.0346. The van der Waals surface area contributed by atoms with Crippen LogP contribution < -0.4 is 5.32 Å². The summed E-state index contributed by atoms with van der Waals surface area (Å²) < 4.78 is 1.82. The zero-order valence-corrected chi connectivity index (χ0v) is 10.7. The summed E-state index contributed by atoms with van der Waals surface area (Å²) in [6.07, 6.45) is 6.58. The third-order valence-corrected chi connectivity index (χ3v) is 2.74. The molecule has 2 rings (SSSR count). The summed E-state index contributed by atoms with van der Waals surface area (Å²) in [7, 11) is 0. The molecule has 1 aromatic carbocycles. The number of amides is 1. The first-order chi connectivity index (χ1) is 9.29. The number of hydrogen-bond donors (Lipinski definition) is 1. The Morgan fingerprint density at radius 1 is 1.37 bits per heavy atom. The fraction of sp³-hybridized carbons (Fsp3) is 0.200. The van der Waals surface area contributed by atoms with Crippen molar-refractivity contribution >= 4 is 5.91 Å². The van der Waals surface area contributed by atoms with Gasteiger partial charge in [-0.3, -0.25) is 4.79 Å². The first-order valence-electron chi connectivity index (χ1n) is 6.26. The van der Waals surface area contributed by atoms with Gasteiger partial charge in [-0.2, -0.15) is 5.10 Å². The number of hydrogen-bond acceptors (Lipinski definition) is 2. The van der Waals surface area contributed by atoms with Crippen LogP contribution in [-0.4, -0.2) is 22.2 Å². The summed E-state index contributed by atoms with van der Waals surface area (Å²) >= 11 is 0. The van der Waals surface area contributed by atoms with E-state index in [1.807, 2.05) is 41.2 Å². The van der Waals surface area contributed by atoms with Crippen molar-refractivity contribution < 1.29 is 4.79 Å². The molecule has 0 radical (unpaired) electrons. The van der Waals surface area contributed by atoms with E-state index >= 15 is 0 Å². The van der Waals surface area contributed by atoms with E-state index in [2.05, 4.69) is 17.0 Å². The van der Waals surface area contributed by atoms with Crippen LogP contribution in [-0.2, 0) is 11.2 Å². The molecule has 0 atom stereocenters. The van der Waals surface area contributed by atoms with Crippen LogP contribution in [0.2, 0.25) is 0 Å². The van der Waals surface area contributed by atoms with Crippen molar-refractivity contribution in [3.05, 3.63) is 60.9 Å². The van der Waals surface area contributed by atoms with Gasteiger partial charge in [-0.05, 0) is 24.1 Å². The maximum absolute atomic E-state index is 11.5. The molecule has 4 heteroatoms. The van der Waals surface area contributed by atoms with E-state index in [1.165, 1.54) is 0 Å². The molecule has 0 spiro atoms. The van der Waals surface area contributed by atoms with Crippen molar-refractivity contribution in [1.29, 1.82) is 0 Å².